The molecule has 0 saturated heterocycles. The van der Waals surface area contributed by atoms with E-state index in [1.807, 2.05) is 0 Å². The minimum absolute atomic E-state index is 0.169. The Kier molecular flexibility index (Phi) is 4.76. The molecular formula is C7H13BrN2O3. The molecule has 0 aliphatic rings. The van der Waals surface area contributed by atoms with Crippen LogP contribution in [0.15, 0.2) is 0 Å². The molecule has 0 aromatic rings. The molecule has 2 amide bonds. The normalized spacial score (nSPS) is 10.7. The summed E-state index contributed by atoms with van der Waals surface area (Å²) in [6, 6.07) is 0. The average molecular weight is 253 g/mol. The Balaban J connectivity index is 3.92. The van der Waals surface area contributed by atoms with Crippen molar-refractivity contribution in [3.05, 3.63) is 0 Å². The topological polar surface area (TPSA) is 78.4 Å². The zero-order valence-electron chi connectivity index (χ0n) is 7.56. The van der Waals surface area contributed by atoms with Gasteiger partial charge in [-0.1, -0.05) is 15.9 Å². The number of carbonyl (C=O) groups excluding carboxylic acids is 1. The third-order valence-corrected chi connectivity index (χ3v) is 1.79. The second-order valence-corrected chi connectivity index (χ2v) is 3.79. The Labute approximate surface area is 85.0 Å². The molecule has 0 radical (unpaired) electrons. The Hall–Kier alpha value is -0.780. The van der Waals surface area contributed by atoms with Crippen LogP contribution in [0.25, 0.3) is 0 Å². The molecule has 0 aliphatic carbocycles. The molecule has 0 aromatic heterocycles. The van der Waals surface area contributed by atoms with E-state index >= 15 is 0 Å². The second-order valence-electron chi connectivity index (χ2n) is 3.22. The largest absolute Gasteiger partial charge is 0.465 e. The number of alkyl halides is 1. The summed E-state index contributed by atoms with van der Waals surface area (Å²) < 4.78 is 0. The maximum absolute atomic E-state index is 10.9. The average Bonchev–Trinajstić information content (AvgIpc) is 2.00. The van der Waals surface area contributed by atoms with E-state index in [1.54, 1.807) is 13.8 Å². The first-order valence-corrected chi connectivity index (χ1v) is 4.83. The number of halogens is 1. The Morgan fingerprint density at radius 2 is 2.00 bits per heavy atom. The minimum atomic E-state index is -1.10. The molecule has 6 heteroatoms. The number of nitrogens with one attached hydrogen (secondary N) is 2. The molecule has 5 nitrogen and oxygen atoms in total. The quantitative estimate of drug-likeness (QED) is 0.640. The molecular weight excluding hydrogens is 240 g/mol. The first-order chi connectivity index (χ1) is 5.87. The lowest BCUT2D eigenvalue weighted by molar-refractivity contribution is -0.119. The van der Waals surface area contributed by atoms with Crippen LogP contribution in [-0.2, 0) is 4.79 Å². The molecule has 0 spiro atoms. The summed E-state index contributed by atoms with van der Waals surface area (Å²) in [6.45, 7) is 3.66. The minimum Gasteiger partial charge on any atom is -0.465 e. The van der Waals surface area contributed by atoms with Crippen molar-refractivity contribution in [1.82, 2.24) is 10.6 Å². The van der Waals surface area contributed by atoms with E-state index in [9.17, 15) is 9.59 Å². The van der Waals surface area contributed by atoms with Crippen molar-refractivity contribution in [3.63, 3.8) is 0 Å². The Bertz CT molecular complexity index is 206. The van der Waals surface area contributed by atoms with E-state index in [0.29, 0.717) is 0 Å². The van der Waals surface area contributed by atoms with E-state index < -0.39 is 11.6 Å². The molecule has 0 rings (SSSR count). The highest BCUT2D eigenvalue weighted by Gasteiger charge is 2.20. The molecule has 0 heterocycles. The maximum Gasteiger partial charge on any atom is 0.404 e. The van der Waals surface area contributed by atoms with E-state index in [0.717, 1.165) is 0 Å². The van der Waals surface area contributed by atoms with Gasteiger partial charge in [0, 0.05) is 6.54 Å². The van der Waals surface area contributed by atoms with Gasteiger partial charge in [-0.2, -0.15) is 0 Å². The number of hydrogen-bond donors (Lipinski definition) is 3. The van der Waals surface area contributed by atoms with Crippen molar-refractivity contribution < 1.29 is 14.7 Å². The number of amides is 2. The smallest absolute Gasteiger partial charge is 0.404 e. The van der Waals surface area contributed by atoms with Gasteiger partial charge in [-0.25, -0.2) is 4.79 Å². The Morgan fingerprint density at radius 3 is 2.38 bits per heavy atom. The number of rotatable bonds is 4. The number of carboxylic acid groups (broad SMARTS) is 1. The van der Waals surface area contributed by atoms with Crippen LogP contribution >= 0.6 is 15.9 Å². The lowest BCUT2D eigenvalue weighted by atomic mass is 10.1. The molecule has 0 bridgehead atoms. The Morgan fingerprint density at radius 1 is 1.46 bits per heavy atom. The highest BCUT2D eigenvalue weighted by atomic mass is 79.9. The molecule has 0 aromatic carbocycles. The van der Waals surface area contributed by atoms with Gasteiger partial charge in [-0.3, -0.25) is 4.79 Å². The van der Waals surface area contributed by atoms with Crippen LogP contribution < -0.4 is 10.6 Å². The van der Waals surface area contributed by atoms with Gasteiger partial charge in [0.1, 0.15) is 0 Å². The maximum atomic E-state index is 10.9. The summed E-state index contributed by atoms with van der Waals surface area (Å²) in [5.41, 5.74) is -0.566. The highest BCUT2D eigenvalue weighted by Crippen LogP contribution is 2.00. The predicted molar refractivity (Wildman–Crippen MR) is 52.0 cm³/mol. The molecule has 0 aliphatic heterocycles. The number of carbonyl (C=O) groups is 2. The molecule has 0 unspecified atom stereocenters. The number of hydrogen-bond acceptors (Lipinski definition) is 2. The molecule has 13 heavy (non-hydrogen) atoms. The lowest BCUT2D eigenvalue weighted by Gasteiger charge is -2.25. The molecule has 0 saturated carbocycles. The van der Waals surface area contributed by atoms with Crippen LogP contribution in [0.4, 0.5) is 4.79 Å². The van der Waals surface area contributed by atoms with Gasteiger partial charge in [0.25, 0.3) is 0 Å². The van der Waals surface area contributed by atoms with Crippen LogP contribution in [0, 0.1) is 0 Å². The first-order valence-electron chi connectivity index (χ1n) is 3.71. The summed E-state index contributed by atoms with van der Waals surface area (Å²) in [6.07, 6.45) is -1.10. The van der Waals surface area contributed by atoms with Gasteiger partial charge in [0.15, 0.2) is 0 Å². The summed E-state index contributed by atoms with van der Waals surface area (Å²) in [7, 11) is 0. The molecule has 0 fully saturated rings. The van der Waals surface area contributed by atoms with E-state index in [1.165, 1.54) is 0 Å². The first kappa shape index (κ1) is 12.2. The standard InChI is InChI=1S/C7H13BrN2O3/c1-7(2,4-9-6(12)13)10-5(11)3-8/h9H,3-4H2,1-2H3,(H,10,11)(H,12,13). The van der Waals surface area contributed by atoms with Crippen LogP contribution in [0.3, 0.4) is 0 Å². The van der Waals surface area contributed by atoms with Gasteiger partial charge in [-0.05, 0) is 13.8 Å². The van der Waals surface area contributed by atoms with Gasteiger partial charge in [-0.15, -0.1) is 0 Å². The SMILES string of the molecule is CC(C)(CNC(=O)O)NC(=O)CBr. The van der Waals surface area contributed by atoms with Crippen LogP contribution in [0.1, 0.15) is 13.8 Å². The van der Waals surface area contributed by atoms with Crippen LogP contribution in [0.2, 0.25) is 0 Å². The summed E-state index contributed by atoms with van der Waals surface area (Å²) in [5.74, 6) is -0.169. The van der Waals surface area contributed by atoms with Gasteiger partial charge in [0.2, 0.25) is 5.91 Å². The van der Waals surface area contributed by atoms with E-state index in [-0.39, 0.29) is 17.8 Å². The summed E-state index contributed by atoms with van der Waals surface area (Å²) in [5, 5.41) is 13.4. The zero-order valence-corrected chi connectivity index (χ0v) is 9.14. The summed E-state index contributed by atoms with van der Waals surface area (Å²) in [4.78, 5) is 21.1. The monoisotopic (exact) mass is 252 g/mol. The molecule has 76 valence electrons. The van der Waals surface area contributed by atoms with Crippen molar-refractivity contribution in [2.45, 2.75) is 19.4 Å². The summed E-state index contributed by atoms with van der Waals surface area (Å²) >= 11 is 3.00. The van der Waals surface area contributed by atoms with Crippen molar-refractivity contribution in [2.75, 3.05) is 11.9 Å². The highest BCUT2D eigenvalue weighted by molar-refractivity contribution is 9.09. The second kappa shape index (κ2) is 5.06. The third kappa shape index (κ3) is 6.39. The molecule has 0 atom stereocenters. The van der Waals surface area contributed by atoms with Crippen molar-refractivity contribution >= 4 is 27.9 Å². The van der Waals surface area contributed by atoms with Crippen molar-refractivity contribution in [1.29, 1.82) is 0 Å². The predicted octanol–water partition coefficient (Wildman–Crippen LogP) is 0.544. The van der Waals surface area contributed by atoms with E-state index in [2.05, 4.69) is 26.6 Å². The van der Waals surface area contributed by atoms with E-state index in [4.69, 9.17) is 5.11 Å². The fourth-order valence-electron chi connectivity index (χ4n) is 0.752. The van der Waals surface area contributed by atoms with Crippen molar-refractivity contribution in [3.8, 4) is 0 Å². The fraction of sp³-hybridized carbons (Fsp3) is 0.714. The fourth-order valence-corrected chi connectivity index (χ4v) is 0.892. The lowest BCUT2D eigenvalue weighted by Crippen LogP contribution is -2.51. The van der Waals surface area contributed by atoms with Gasteiger partial charge in [0.05, 0.1) is 10.9 Å². The van der Waals surface area contributed by atoms with Crippen molar-refractivity contribution in [2.24, 2.45) is 0 Å². The van der Waals surface area contributed by atoms with Gasteiger partial charge < -0.3 is 15.7 Å². The third-order valence-electron chi connectivity index (χ3n) is 1.28. The molecule has 3 N–H and O–H groups in total. The van der Waals surface area contributed by atoms with Crippen LogP contribution in [0.5, 0.6) is 0 Å². The van der Waals surface area contributed by atoms with Crippen LogP contribution in [-0.4, -0.2) is 34.5 Å². The van der Waals surface area contributed by atoms with Gasteiger partial charge >= 0.3 is 6.09 Å². The zero-order chi connectivity index (χ0) is 10.5.